The lowest BCUT2D eigenvalue weighted by molar-refractivity contribution is -0.122. The monoisotopic (exact) mass is 474 g/mol. The maximum atomic E-state index is 12.3. The van der Waals surface area contributed by atoms with Crippen molar-refractivity contribution in [3.8, 4) is 11.3 Å². The number of hydrogen-bond donors (Lipinski definition) is 5. The number of pyridine rings is 1. The summed E-state index contributed by atoms with van der Waals surface area (Å²) >= 11 is 0. The predicted molar refractivity (Wildman–Crippen MR) is 120 cm³/mol. The molecule has 0 aliphatic rings. The van der Waals surface area contributed by atoms with Crippen molar-refractivity contribution in [2.24, 2.45) is 0 Å². The minimum Gasteiger partial charge on any atom is -0.395 e. The number of halogens is 3. The summed E-state index contributed by atoms with van der Waals surface area (Å²) < 4.78 is 38.5. The van der Waals surface area contributed by atoms with Gasteiger partial charge in [-0.25, -0.2) is 9.78 Å². The Morgan fingerprint density at radius 2 is 1.94 bits per heavy atom. The lowest BCUT2D eigenvalue weighted by atomic mass is 10.1. The van der Waals surface area contributed by atoms with Crippen LogP contribution in [0.4, 0.5) is 23.7 Å². The summed E-state index contributed by atoms with van der Waals surface area (Å²) in [4.78, 5) is 27.6. The number of imidazole rings is 1. The van der Waals surface area contributed by atoms with Gasteiger partial charge in [-0.1, -0.05) is 12.1 Å². The van der Waals surface area contributed by atoms with E-state index in [2.05, 4.69) is 15.6 Å². The molecule has 0 unspecified atom stereocenters. The largest absolute Gasteiger partial charge is 0.405 e. The summed E-state index contributed by atoms with van der Waals surface area (Å²) in [7, 11) is 0. The Labute approximate surface area is 191 Å². The quantitative estimate of drug-likeness (QED) is 0.254. The van der Waals surface area contributed by atoms with E-state index in [0.717, 1.165) is 0 Å². The highest BCUT2D eigenvalue weighted by Crippen LogP contribution is 2.24. The Kier molecular flexibility index (Phi) is 7.64. The average molecular weight is 474 g/mol. The second-order valence-corrected chi connectivity index (χ2v) is 7.05. The van der Waals surface area contributed by atoms with Gasteiger partial charge >= 0.3 is 12.2 Å². The van der Waals surface area contributed by atoms with E-state index in [-0.39, 0.29) is 18.9 Å². The molecule has 12 heteroatoms. The van der Waals surface area contributed by atoms with Gasteiger partial charge in [0.15, 0.2) is 0 Å². The van der Waals surface area contributed by atoms with E-state index in [9.17, 15) is 22.8 Å². The minimum absolute atomic E-state index is 0.0854. The average Bonchev–Trinajstić information content (AvgIpc) is 3.23. The van der Waals surface area contributed by atoms with Crippen molar-refractivity contribution in [1.29, 1.82) is 5.41 Å². The van der Waals surface area contributed by atoms with Crippen molar-refractivity contribution in [2.75, 3.05) is 25.0 Å². The van der Waals surface area contributed by atoms with Crippen molar-refractivity contribution >= 4 is 29.0 Å². The van der Waals surface area contributed by atoms with Gasteiger partial charge in [-0.2, -0.15) is 13.2 Å². The number of urea groups is 1. The first kappa shape index (κ1) is 24.5. The summed E-state index contributed by atoms with van der Waals surface area (Å²) in [6, 6.07) is 8.89. The molecule has 0 aliphatic heterocycles. The van der Waals surface area contributed by atoms with Gasteiger partial charge in [-0.05, 0) is 30.3 Å². The maximum Gasteiger partial charge on any atom is 0.405 e. The van der Waals surface area contributed by atoms with E-state index >= 15 is 0 Å². The number of fused-ring (bicyclic) bond motifs is 1. The van der Waals surface area contributed by atoms with E-state index < -0.39 is 24.7 Å². The number of carbonyl (C=O) groups is 2. The number of alkyl halides is 3. The van der Waals surface area contributed by atoms with Crippen LogP contribution >= 0.6 is 0 Å². The fourth-order valence-corrected chi connectivity index (χ4v) is 2.97. The number of nitrogens with zero attached hydrogens (tertiary/aromatic N) is 2. The summed E-state index contributed by atoms with van der Waals surface area (Å²) in [5, 5.41) is 23.4. The number of nitrogens with one attached hydrogen (secondary N) is 4. The minimum atomic E-state index is -4.51. The van der Waals surface area contributed by atoms with Gasteiger partial charge in [0.1, 0.15) is 12.2 Å². The van der Waals surface area contributed by atoms with Crippen LogP contribution in [0.25, 0.3) is 16.9 Å². The number of hydrogen-bond acceptors (Lipinski definition) is 5. The molecule has 178 valence electrons. The maximum absolute atomic E-state index is 12.3. The topological polar surface area (TPSA) is 132 Å². The number of aliphatic hydroxyl groups is 1. The lowest BCUT2D eigenvalue weighted by Gasteiger charge is -2.11. The van der Waals surface area contributed by atoms with Crippen molar-refractivity contribution in [3.05, 3.63) is 66.5 Å². The fraction of sp³-hybridized carbons (Fsp3) is 0.182. The number of carbonyl (C=O) groups excluding carboxylic acids is 2. The first-order valence-corrected chi connectivity index (χ1v) is 10.0. The molecule has 9 nitrogen and oxygen atoms in total. The number of rotatable bonds is 8. The molecule has 0 spiro atoms. The number of aromatic nitrogens is 2. The molecule has 0 atom stereocenters. The Bertz CT molecular complexity index is 1240. The summed E-state index contributed by atoms with van der Waals surface area (Å²) in [6.45, 7) is -1.50. The van der Waals surface area contributed by atoms with Crippen LogP contribution in [0.15, 0.2) is 60.9 Å². The SMILES string of the molecule is N=C(/C=C\C(=O)NCCO)c1ccn2c(-c3cccc(NC(=O)NCC(F)(F)F)c3)cnc2c1. The zero-order chi connectivity index (χ0) is 24.7. The van der Waals surface area contributed by atoms with Crippen LogP contribution in [0.2, 0.25) is 0 Å². The first-order valence-electron chi connectivity index (χ1n) is 10.0. The zero-order valence-electron chi connectivity index (χ0n) is 17.7. The van der Waals surface area contributed by atoms with E-state index in [1.54, 1.807) is 58.5 Å². The van der Waals surface area contributed by atoms with E-state index in [1.165, 1.54) is 12.2 Å². The molecule has 0 radical (unpaired) electrons. The third-order valence-corrected chi connectivity index (χ3v) is 4.50. The molecule has 0 saturated heterocycles. The van der Waals surface area contributed by atoms with Crippen LogP contribution in [0.3, 0.4) is 0 Å². The summed E-state index contributed by atoms with van der Waals surface area (Å²) in [5.41, 5.74) is 2.75. The molecule has 34 heavy (non-hydrogen) atoms. The molecule has 2 heterocycles. The van der Waals surface area contributed by atoms with Crippen LogP contribution < -0.4 is 16.0 Å². The standard InChI is InChI=1S/C22H21F3N6O3/c23-22(24,25)13-29-21(34)30-16-3-1-2-15(10-16)18-12-28-19-11-14(6-8-31(18)19)17(26)4-5-20(33)27-7-9-32/h1-6,8,10-12,26,32H,7,9,13H2,(H,27,33)(H2,29,30,34)/b5-4-,26-17?. The Balaban J connectivity index is 1.74. The predicted octanol–water partition coefficient (Wildman–Crippen LogP) is 2.72. The Morgan fingerprint density at radius 3 is 2.68 bits per heavy atom. The van der Waals surface area contributed by atoms with Crippen molar-refractivity contribution in [1.82, 2.24) is 20.0 Å². The van der Waals surface area contributed by atoms with Crippen LogP contribution in [-0.2, 0) is 4.79 Å². The molecule has 0 fully saturated rings. The van der Waals surface area contributed by atoms with Gasteiger partial charge in [-0.15, -0.1) is 0 Å². The molecule has 0 saturated carbocycles. The lowest BCUT2D eigenvalue weighted by Crippen LogP contribution is -2.36. The van der Waals surface area contributed by atoms with Gasteiger partial charge in [0.05, 0.1) is 24.2 Å². The summed E-state index contributed by atoms with van der Waals surface area (Å²) in [5.74, 6) is -0.427. The van der Waals surface area contributed by atoms with Crippen molar-refractivity contribution in [2.45, 2.75) is 6.18 Å². The van der Waals surface area contributed by atoms with Gasteiger partial charge in [0, 0.05) is 35.6 Å². The van der Waals surface area contributed by atoms with Crippen LogP contribution in [0.1, 0.15) is 5.56 Å². The second kappa shape index (κ2) is 10.6. The van der Waals surface area contributed by atoms with E-state index in [0.29, 0.717) is 28.2 Å². The second-order valence-electron chi connectivity index (χ2n) is 7.05. The smallest absolute Gasteiger partial charge is 0.395 e. The molecular formula is C22H21F3N6O3. The number of allylic oxidation sites excluding steroid dienone is 1. The molecule has 0 bridgehead atoms. The van der Waals surface area contributed by atoms with Crippen molar-refractivity contribution < 1.29 is 27.9 Å². The Morgan fingerprint density at radius 1 is 1.15 bits per heavy atom. The highest BCUT2D eigenvalue weighted by atomic mass is 19.4. The van der Waals surface area contributed by atoms with Gasteiger partial charge in [0.2, 0.25) is 5.91 Å². The van der Waals surface area contributed by atoms with Crippen LogP contribution in [0.5, 0.6) is 0 Å². The zero-order valence-corrected chi connectivity index (χ0v) is 17.7. The fourth-order valence-electron chi connectivity index (χ4n) is 2.97. The summed E-state index contributed by atoms with van der Waals surface area (Å²) in [6.07, 6.45) is 1.30. The van der Waals surface area contributed by atoms with Gasteiger partial charge in [-0.3, -0.25) is 9.20 Å². The van der Waals surface area contributed by atoms with E-state index in [4.69, 9.17) is 10.5 Å². The molecule has 5 N–H and O–H groups in total. The van der Waals surface area contributed by atoms with Gasteiger partial charge < -0.3 is 26.5 Å². The molecule has 3 rings (SSSR count). The normalized spacial score (nSPS) is 11.5. The van der Waals surface area contributed by atoms with Gasteiger partial charge in [0.25, 0.3) is 0 Å². The highest BCUT2D eigenvalue weighted by molar-refractivity contribution is 6.09. The molecule has 2 aromatic heterocycles. The van der Waals surface area contributed by atoms with Crippen LogP contribution in [0, 0.1) is 5.41 Å². The number of benzene rings is 1. The molecule has 3 aromatic rings. The molecule has 3 amide bonds. The molecular weight excluding hydrogens is 453 g/mol. The first-order chi connectivity index (χ1) is 16.2. The number of anilines is 1. The Hall–Kier alpha value is -4.19. The van der Waals surface area contributed by atoms with Crippen molar-refractivity contribution in [3.63, 3.8) is 0 Å². The van der Waals surface area contributed by atoms with Crippen LogP contribution in [-0.4, -0.2) is 58.0 Å². The molecule has 0 aliphatic carbocycles. The molecule has 1 aromatic carbocycles. The highest BCUT2D eigenvalue weighted by Gasteiger charge is 2.27. The third-order valence-electron chi connectivity index (χ3n) is 4.50. The third kappa shape index (κ3) is 6.65. The number of aliphatic hydroxyl groups excluding tert-OH is 1. The number of amides is 3. The van der Waals surface area contributed by atoms with E-state index in [1.807, 2.05) is 0 Å².